The second kappa shape index (κ2) is 11.0. The third kappa shape index (κ3) is 7.21. The number of carbonyl (C=O) groups excluding carboxylic acids is 3. The molecule has 0 saturated heterocycles. The molecule has 5 N–H and O–H groups in total. The lowest BCUT2D eigenvalue weighted by atomic mass is 10.0. The number of benzene rings is 1. The number of hydrogen-bond donors (Lipinski definition) is 3. The van der Waals surface area contributed by atoms with Gasteiger partial charge >= 0.3 is 6.09 Å². The zero-order chi connectivity index (χ0) is 22.1. The van der Waals surface area contributed by atoms with Crippen molar-refractivity contribution >= 4 is 35.5 Å². The molecule has 30 heavy (non-hydrogen) atoms. The highest BCUT2D eigenvalue weighted by molar-refractivity contribution is 6.05. The van der Waals surface area contributed by atoms with Crippen molar-refractivity contribution in [1.82, 2.24) is 10.4 Å². The zero-order valence-corrected chi connectivity index (χ0v) is 17.1. The number of aryl methyl sites for hydroxylation is 1. The molecule has 1 aliphatic rings. The fourth-order valence-electron chi connectivity index (χ4n) is 2.77. The van der Waals surface area contributed by atoms with Gasteiger partial charge in [0.25, 0.3) is 5.91 Å². The van der Waals surface area contributed by atoms with E-state index in [0.717, 1.165) is 24.0 Å². The number of amides is 3. The topological polar surface area (TPSA) is 149 Å². The molecule has 10 nitrogen and oxygen atoms in total. The normalized spacial score (nSPS) is 12.7. The van der Waals surface area contributed by atoms with E-state index < -0.39 is 12.0 Å². The number of carbonyl (C=O) groups is 3. The predicted octanol–water partition coefficient (Wildman–Crippen LogP) is 1.02. The van der Waals surface area contributed by atoms with E-state index in [0.29, 0.717) is 23.5 Å². The van der Waals surface area contributed by atoms with Crippen molar-refractivity contribution in [2.24, 2.45) is 16.5 Å². The van der Waals surface area contributed by atoms with Gasteiger partial charge in [-0.15, -0.1) is 0 Å². The van der Waals surface area contributed by atoms with Gasteiger partial charge in [-0.3, -0.25) is 14.4 Å². The van der Waals surface area contributed by atoms with Gasteiger partial charge in [0.2, 0.25) is 5.91 Å². The number of hydroxylamine groups is 1. The van der Waals surface area contributed by atoms with Crippen LogP contribution in [0.25, 0.3) is 6.08 Å². The molecule has 2 rings (SSSR count). The molecular formula is C20H27N5O5. The Morgan fingerprint density at radius 2 is 2.00 bits per heavy atom. The number of amidine groups is 1. The van der Waals surface area contributed by atoms with E-state index in [1.54, 1.807) is 25.1 Å². The lowest BCUT2D eigenvalue weighted by molar-refractivity contribution is -0.130. The van der Waals surface area contributed by atoms with E-state index in [2.05, 4.69) is 15.2 Å². The Bertz CT molecular complexity index is 863. The summed E-state index contributed by atoms with van der Waals surface area (Å²) in [5.41, 5.74) is 15.9. The van der Waals surface area contributed by atoms with Crippen LogP contribution in [-0.2, 0) is 25.6 Å². The Morgan fingerprint density at radius 1 is 1.23 bits per heavy atom. The third-order valence-corrected chi connectivity index (χ3v) is 4.30. The minimum Gasteiger partial charge on any atom is -0.447 e. The minimum atomic E-state index is -0.916. The van der Waals surface area contributed by atoms with Gasteiger partial charge in [0.05, 0.1) is 5.69 Å². The summed E-state index contributed by atoms with van der Waals surface area (Å²) in [6, 6.07) is 5.73. The van der Waals surface area contributed by atoms with E-state index in [9.17, 15) is 14.4 Å². The number of primary amides is 1. The van der Waals surface area contributed by atoms with Crippen LogP contribution in [0.5, 0.6) is 0 Å². The summed E-state index contributed by atoms with van der Waals surface area (Å²) in [6.07, 6.45) is 2.89. The molecule has 1 aromatic rings. The average Bonchev–Trinajstić information content (AvgIpc) is 2.84. The molecule has 0 spiro atoms. The van der Waals surface area contributed by atoms with Crippen molar-refractivity contribution < 1.29 is 24.0 Å². The van der Waals surface area contributed by atoms with Gasteiger partial charge in [-0.2, -0.15) is 0 Å². The molecule has 0 aromatic heterocycles. The Labute approximate surface area is 174 Å². The number of hydrogen-bond acceptors (Lipinski definition) is 7. The fraction of sp³-hybridized carbons (Fsp3) is 0.400. The highest BCUT2D eigenvalue weighted by atomic mass is 16.7. The van der Waals surface area contributed by atoms with E-state index in [1.165, 1.54) is 0 Å². The van der Waals surface area contributed by atoms with Crippen molar-refractivity contribution in [2.75, 3.05) is 27.3 Å². The summed E-state index contributed by atoms with van der Waals surface area (Å²) in [5.74, 6) is -0.0764. The highest BCUT2D eigenvalue weighted by Crippen LogP contribution is 2.28. The molecule has 0 saturated carbocycles. The Balaban J connectivity index is 2.00. The number of nitrogens with one attached hydrogen (secondary N) is 1. The van der Waals surface area contributed by atoms with Crippen LogP contribution in [0.3, 0.4) is 0 Å². The first kappa shape index (κ1) is 22.9. The Hall–Kier alpha value is -3.40. The number of fused-ring (bicyclic) bond motifs is 1. The monoisotopic (exact) mass is 417 g/mol. The first-order chi connectivity index (χ1) is 14.3. The van der Waals surface area contributed by atoms with Gasteiger partial charge in [-0.1, -0.05) is 12.1 Å². The summed E-state index contributed by atoms with van der Waals surface area (Å²) in [7, 11) is 3.48. The van der Waals surface area contributed by atoms with E-state index in [1.807, 2.05) is 18.2 Å². The van der Waals surface area contributed by atoms with Gasteiger partial charge in [0.15, 0.2) is 0 Å². The number of nitrogens with two attached hydrogens (primary N) is 2. The molecule has 1 aliphatic heterocycles. The molecule has 1 heterocycles. The minimum absolute atomic E-state index is 0.0399. The van der Waals surface area contributed by atoms with Crippen molar-refractivity contribution in [1.29, 1.82) is 0 Å². The lowest BCUT2D eigenvalue weighted by Gasteiger charge is -2.10. The summed E-state index contributed by atoms with van der Waals surface area (Å²) in [4.78, 5) is 45.5. The summed E-state index contributed by atoms with van der Waals surface area (Å²) < 4.78 is 4.50. The first-order valence-corrected chi connectivity index (χ1v) is 9.47. The largest absolute Gasteiger partial charge is 0.447 e. The Kier molecular flexibility index (Phi) is 8.36. The molecule has 0 unspecified atom stereocenters. The van der Waals surface area contributed by atoms with Crippen LogP contribution in [0.4, 0.5) is 10.5 Å². The number of nitrogens with zero attached hydrogens (tertiary/aromatic N) is 2. The molecule has 3 amide bonds. The molecular weight excluding hydrogens is 390 g/mol. The smallest absolute Gasteiger partial charge is 0.404 e. The van der Waals surface area contributed by atoms with Crippen LogP contribution in [0, 0.1) is 0 Å². The van der Waals surface area contributed by atoms with Crippen LogP contribution in [-0.4, -0.2) is 56.0 Å². The SMILES string of the molecule is CN(C)C(=O)CCCc1ccc2c(c1)N=C(N)CC(C(=O)NOCCOC(N)=O)=C2. The number of ether oxygens (including phenoxy) is 1. The van der Waals surface area contributed by atoms with E-state index in [-0.39, 0.29) is 25.5 Å². The van der Waals surface area contributed by atoms with Gasteiger partial charge in [0.1, 0.15) is 19.0 Å². The Morgan fingerprint density at radius 3 is 2.70 bits per heavy atom. The van der Waals surface area contributed by atoms with E-state index >= 15 is 0 Å². The predicted molar refractivity (Wildman–Crippen MR) is 112 cm³/mol. The highest BCUT2D eigenvalue weighted by Gasteiger charge is 2.17. The molecule has 10 heteroatoms. The molecule has 0 atom stereocenters. The standard InChI is InChI=1S/C20H27N5O5/c1-25(2)18(26)5-3-4-13-6-7-14-11-15(12-17(21)23-16(14)10-13)19(27)24-30-9-8-29-20(22)28/h6-7,10-11H,3-5,8-9,12H2,1-2H3,(H2,21,23)(H2,22,28)(H,24,27). The zero-order valence-electron chi connectivity index (χ0n) is 17.1. The van der Waals surface area contributed by atoms with Crippen LogP contribution in [0.2, 0.25) is 0 Å². The van der Waals surface area contributed by atoms with Gasteiger partial charge in [-0.25, -0.2) is 15.3 Å². The quantitative estimate of drug-likeness (QED) is 0.403. The fourth-order valence-corrected chi connectivity index (χ4v) is 2.77. The molecule has 1 aromatic carbocycles. The molecule has 0 fully saturated rings. The van der Waals surface area contributed by atoms with Gasteiger partial charge < -0.3 is 21.1 Å². The van der Waals surface area contributed by atoms with Crippen molar-refractivity contribution in [3.05, 3.63) is 34.9 Å². The molecule has 0 aliphatic carbocycles. The maximum absolute atomic E-state index is 12.3. The molecule has 0 radical (unpaired) electrons. The maximum atomic E-state index is 12.3. The van der Waals surface area contributed by atoms with Crippen molar-refractivity contribution in [3.63, 3.8) is 0 Å². The molecule has 162 valence electrons. The van der Waals surface area contributed by atoms with E-state index in [4.69, 9.17) is 16.3 Å². The summed E-state index contributed by atoms with van der Waals surface area (Å²) in [5, 5.41) is 0. The number of aliphatic imine (C=N–C) groups is 1. The summed E-state index contributed by atoms with van der Waals surface area (Å²) in [6.45, 7) is -0.119. The first-order valence-electron chi connectivity index (χ1n) is 9.47. The molecule has 0 bridgehead atoms. The second-order valence-corrected chi connectivity index (χ2v) is 6.93. The van der Waals surface area contributed by atoms with Crippen LogP contribution in [0.15, 0.2) is 28.8 Å². The summed E-state index contributed by atoms with van der Waals surface area (Å²) >= 11 is 0. The lowest BCUT2D eigenvalue weighted by Crippen LogP contribution is -2.29. The second-order valence-electron chi connectivity index (χ2n) is 6.93. The third-order valence-electron chi connectivity index (χ3n) is 4.30. The van der Waals surface area contributed by atoms with Crippen LogP contribution < -0.4 is 16.9 Å². The van der Waals surface area contributed by atoms with Crippen LogP contribution >= 0.6 is 0 Å². The number of rotatable bonds is 9. The average molecular weight is 417 g/mol. The van der Waals surface area contributed by atoms with Gasteiger partial charge in [-0.05, 0) is 30.5 Å². The maximum Gasteiger partial charge on any atom is 0.404 e. The van der Waals surface area contributed by atoms with Crippen molar-refractivity contribution in [2.45, 2.75) is 25.7 Å². The van der Waals surface area contributed by atoms with Crippen molar-refractivity contribution in [3.8, 4) is 0 Å². The van der Waals surface area contributed by atoms with Gasteiger partial charge in [0, 0.05) is 38.1 Å². The van der Waals surface area contributed by atoms with Crippen LogP contribution in [0.1, 0.15) is 30.4 Å².